The Balaban J connectivity index is 1.68. The van der Waals surface area contributed by atoms with Gasteiger partial charge in [-0.2, -0.15) is 0 Å². The van der Waals surface area contributed by atoms with Crippen LogP contribution in [-0.4, -0.2) is 13.0 Å². The first-order chi connectivity index (χ1) is 15.7. The van der Waals surface area contributed by atoms with Crippen molar-refractivity contribution in [3.8, 4) is 5.75 Å². The van der Waals surface area contributed by atoms with Gasteiger partial charge in [0.15, 0.2) is 0 Å². The van der Waals surface area contributed by atoms with Gasteiger partial charge in [-0.3, -0.25) is 10.1 Å². The molecule has 0 aliphatic rings. The third-order valence-corrected chi connectivity index (χ3v) is 5.33. The third-order valence-electron chi connectivity index (χ3n) is 5.33. The van der Waals surface area contributed by atoms with Gasteiger partial charge in [0.1, 0.15) is 11.8 Å². The summed E-state index contributed by atoms with van der Waals surface area (Å²) >= 11 is 0. The van der Waals surface area contributed by atoms with E-state index in [1.165, 1.54) is 0 Å². The number of rotatable bonds is 8. The number of hydrogen-bond acceptors (Lipinski definition) is 3. The molecule has 4 aromatic rings. The molecule has 1 amide bonds. The maximum Gasteiger partial charge on any atom is 0.246 e. The molecule has 32 heavy (non-hydrogen) atoms. The highest BCUT2D eigenvalue weighted by Crippen LogP contribution is 2.27. The van der Waals surface area contributed by atoms with Crippen molar-refractivity contribution in [2.45, 2.75) is 12.1 Å². The molecule has 4 heteroatoms. The zero-order chi connectivity index (χ0) is 22.2. The molecule has 0 heterocycles. The molecule has 160 valence electrons. The summed E-state index contributed by atoms with van der Waals surface area (Å²) in [6.45, 7) is 0. The molecule has 0 aliphatic heterocycles. The van der Waals surface area contributed by atoms with Gasteiger partial charge in [0.25, 0.3) is 0 Å². The molecule has 0 aliphatic carbocycles. The van der Waals surface area contributed by atoms with Crippen molar-refractivity contribution in [3.05, 3.63) is 132 Å². The summed E-state index contributed by atoms with van der Waals surface area (Å²) in [5.41, 5.74) is 3.76. The van der Waals surface area contributed by atoms with Crippen LogP contribution >= 0.6 is 0 Å². The first-order valence-electron chi connectivity index (χ1n) is 10.6. The lowest BCUT2D eigenvalue weighted by Gasteiger charge is -2.26. The number of amides is 1. The van der Waals surface area contributed by atoms with E-state index in [0.717, 1.165) is 16.7 Å². The van der Waals surface area contributed by atoms with Crippen LogP contribution in [0.2, 0.25) is 0 Å². The second-order valence-corrected chi connectivity index (χ2v) is 7.49. The molecule has 4 aromatic carbocycles. The van der Waals surface area contributed by atoms with E-state index >= 15 is 0 Å². The third kappa shape index (κ3) is 5.23. The zero-order valence-electron chi connectivity index (χ0n) is 17.9. The van der Waals surface area contributed by atoms with Gasteiger partial charge in [0, 0.05) is 11.8 Å². The number of carbonyl (C=O) groups is 1. The lowest BCUT2D eigenvalue weighted by molar-refractivity contribution is -0.118. The minimum atomic E-state index is -0.562. The maximum atomic E-state index is 13.5. The Morgan fingerprint density at radius 3 is 1.75 bits per heavy atom. The van der Waals surface area contributed by atoms with Gasteiger partial charge in [0.2, 0.25) is 5.91 Å². The number of carbonyl (C=O) groups excluding carboxylic acids is 1. The molecule has 0 bridgehead atoms. The van der Waals surface area contributed by atoms with Crippen molar-refractivity contribution in [2.24, 2.45) is 0 Å². The monoisotopic (exact) mass is 422 g/mol. The molecule has 0 fully saturated rings. The molecule has 0 aromatic heterocycles. The van der Waals surface area contributed by atoms with E-state index in [2.05, 4.69) is 34.9 Å². The molecule has 1 atom stereocenters. The van der Waals surface area contributed by atoms with Gasteiger partial charge >= 0.3 is 0 Å². The van der Waals surface area contributed by atoms with Crippen LogP contribution in [0.25, 0.3) is 0 Å². The van der Waals surface area contributed by atoms with E-state index in [0.29, 0.717) is 11.4 Å². The van der Waals surface area contributed by atoms with E-state index in [4.69, 9.17) is 4.74 Å². The number of nitrogens with one attached hydrogen (secondary N) is 2. The van der Waals surface area contributed by atoms with E-state index in [9.17, 15) is 4.79 Å². The van der Waals surface area contributed by atoms with Crippen molar-refractivity contribution in [1.82, 2.24) is 5.32 Å². The predicted molar refractivity (Wildman–Crippen MR) is 129 cm³/mol. The molecule has 4 nitrogen and oxygen atoms in total. The standard InChI is InChI=1S/C28H26N2O2/c1-32-25-19-11-18-24(20-25)29-28(31)27(23-16-9-4-10-17-23)30-26(21-12-5-2-6-13-21)22-14-7-3-8-15-22/h2-20,26-27,30H,1H3,(H,29,31)/t27-/m1/s1. The fourth-order valence-electron chi connectivity index (χ4n) is 3.73. The second-order valence-electron chi connectivity index (χ2n) is 7.49. The largest absolute Gasteiger partial charge is 0.497 e. The fraction of sp³-hybridized carbons (Fsp3) is 0.107. The van der Waals surface area contributed by atoms with Crippen LogP contribution in [0.15, 0.2) is 115 Å². The van der Waals surface area contributed by atoms with E-state index < -0.39 is 6.04 Å². The Morgan fingerprint density at radius 1 is 0.688 bits per heavy atom. The molecule has 0 saturated carbocycles. The SMILES string of the molecule is COc1cccc(NC(=O)[C@H](NC(c2ccccc2)c2ccccc2)c2ccccc2)c1. The Kier molecular flexibility index (Phi) is 6.95. The summed E-state index contributed by atoms with van der Waals surface area (Å²) in [6.07, 6.45) is 0. The summed E-state index contributed by atoms with van der Waals surface area (Å²) in [7, 11) is 1.61. The zero-order valence-corrected chi connectivity index (χ0v) is 17.9. The molecular weight excluding hydrogens is 396 g/mol. The van der Waals surface area contributed by atoms with E-state index in [1.807, 2.05) is 91.0 Å². The van der Waals surface area contributed by atoms with Crippen molar-refractivity contribution < 1.29 is 9.53 Å². The Labute approximate surface area is 188 Å². The van der Waals surface area contributed by atoms with Gasteiger partial charge < -0.3 is 10.1 Å². The highest BCUT2D eigenvalue weighted by atomic mass is 16.5. The van der Waals surface area contributed by atoms with Crippen molar-refractivity contribution in [3.63, 3.8) is 0 Å². The van der Waals surface area contributed by atoms with Gasteiger partial charge in [-0.05, 0) is 28.8 Å². The van der Waals surface area contributed by atoms with Crippen LogP contribution in [0.1, 0.15) is 28.8 Å². The first kappa shape index (κ1) is 21.3. The summed E-state index contributed by atoms with van der Waals surface area (Å²) in [5, 5.41) is 6.65. The van der Waals surface area contributed by atoms with Gasteiger partial charge in [-0.25, -0.2) is 0 Å². The van der Waals surface area contributed by atoms with Crippen molar-refractivity contribution in [2.75, 3.05) is 12.4 Å². The minimum Gasteiger partial charge on any atom is -0.497 e. The summed E-state index contributed by atoms with van der Waals surface area (Å²) in [6, 6.07) is 36.8. The van der Waals surface area contributed by atoms with Gasteiger partial charge in [-0.1, -0.05) is 97.1 Å². The topological polar surface area (TPSA) is 50.4 Å². The second kappa shape index (κ2) is 10.4. The lowest BCUT2D eigenvalue weighted by atomic mass is 9.96. The number of benzene rings is 4. The normalized spacial score (nSPS) is 11.7. The summed E-state index contributed by atoms with van der Waals surface area (Å²) < 4.78 is 5.29. The number of hydrogen-bond donors (Lipinski definition) is 2. The molecule has 2 N–H and O–H groups in total. The average molecular weight is 423 g/mol. The van der Waals surface area contributed by atoms with Crippen LogP contribution < -0.4 is 15.4 Å². The number of methoxy groups -OCH3 is 1. The molecule has 0 saturated heterocycles. The number of anilines is 1. The van der Waals surface area contributed by atoms with Crippen molar-refractivity contribution >= 4 is 11.6 Å². The summed E-state index contributed by atoms with van der Waals surface area (Å²) in [4.78, 5) is 13.5. The molecule has 0 radical (unpaired) electrons. The van der Waals surface area contributed by atoms with Crippen LogP contribution in [0.3, 0.4) is 0 Å². The van der Waals surface area contributed by atoms with Crippen molar-refractivity contribution in [1.29, 1.82) is 0 Å². The minimum absolute atomic E-state index is 0.138. The first-order valence-corrected chi connectivity index (χ1v) is 10.6. The van der Waals surface area contributed by atoms with Gasteiger partial charge in [-0.15, -0.1) is 0 Å². The van der Waals surface area contributed by atoms with Crippen LogP contribution in [0.4, 0.5) is 5.69 Å². The highest BCUT2D eigenvalue weighted by Gasteiger charge is 2.26. The quantitative estimate of drug-likeness (QED) is 0.380. The maximum absolute atomic E-state index is 13.5. The fourth-order valence-corrected chi connectivity index (χ4v) is 3.73. The lowest BCUT2D eigenvalue weighted by Crippen LogP contribution is -2.36. The van der Waals surface area contributed by atoms with Crippen LogP contribution in [0, 0.1) is 0 Å². The van der Waals surface area contributed by atoms with Crippen LogP contribution in [-0.2, 0) is 4.79 Å². The number of ether oxygens (including phenoxy) is 1. The van der Waals surface area contributed by atoms with Crippen LogP contribution in [0.5, 0.6) is 5.75 Å². The molecule has 4 rings (SSSR count). The molecule has 0 unspecified atom stereocenters. The summed E-state index contributed by atoms with van der Waals surface area (Å²) in [5.74, 6) is 0.555. The Hall–Kier alpha value is -3.89. The predicted octanol–water partition coefficient (Wildman–Crippen LogP) is 5.75. The molecule has 0 spiro atoms. The highest BCUT2D eigenvalue weighted by molar-refractivity contribution is 5.95. The van der Waals surface area contributed by atoms with Gasteiger partial charge in [0.05, 0.1) is 13.2 Å². The Morgan fingerprint density at radius 2 is 1.22 bits per heavy atom. The van der Waals surface area contributed by atoms with E-state index in [1.54, 1.807) is 7.11 Å². The molecular formula is C28H26N2O2. The average Bonchev–Trinajstić information content (AvgIpc) is 2.86. The smallest absolute Gasteiger partial charge is 0.246 e. The van der Waals surface area contributed by atoms with E-state index in [-0.39, 0.29) is 11.9 Å². The Bertz CT molecular complexity index is 1090.